The van der Waals surface area contributed by atoms with Crippen molar-refractivity contribution < 1.29 is 23.9 Å². The molecule has 1 saturated carbocycles. The molecule has 3 N–H and O–H groups in total. The molecule has 170 valence electrons. The number of carbonyl (C=O) groups excluding carboxylic acids is 3. The normalized spacial score (nSPS) is 12.6. The minimum absolute atomic E-state index is 0.0267. The van der Waals surface area contributed by atoms with E-state index >= 15 is 0 Å². The van der Waals surface area contributed by atoms with Crippen LogP contribution in [0.4, 0.5) is 5.69 Å². The zero-order chi connectivity index (χ0) is 22.9. The highest BCUT2D eigenvalue weighted by molar-refractivity contribution is 5.97. The van der Waals surface area contributed by atoms with Crippen molar-refractivity contribution in [3.8, 4) is 11.5 Å². The van der Waals surface area contributed by atoms with E-state index in [2.05, 4.69) is 16.0 Å². The van der Waals surface area contributed by atoms with Gasteiger partial charge in [-0.1, -0.05) is 0 Å². The Labute approximate surface area is 187 Å². The summed E-state index contributed by atoms with van der Waals surface area (Å²) in [5.41, 5.74) is 1.60. The zero-order valence-electron chi connectivity index (χ0n) is 18.4. The lowest BCUT2D eigenvalue weighted by Gasteiger charge is -2.12. The third kappa shape index (κ3) is 6.47. The lowest BCUT2D eigenvalue weighted by molar-refractivity contribution is -0.117. The van der Waals surface area contributed by atoms with E-state index in [1.165, 1.54) is 0 Å². The maximum atomic E-state index is 12.4. The number of anilines is 1. The van der Waals surface area contributed by atoms with Gasteiger partial charge in [-0.2, -0.15) is 0 Å². The summed E-state index contributed by atoms with van der Waals surface area (Å²) >= 11 is 0. The van der Waals surface area contributed by atoms with Gasteiger partial charge in [0.25, 0.3) is 11.8 Å². The average molecular weight is 440 g/mol. The molecule has 1 aliphatic carbocycles. The number of nitrogens with one attached hydrogen (secondary N) is 3. The molecule has 0 atom stereocenters. The standard InChI is InChI=1S/C24H29N3O5/c1-3-31-20-12-9-18(15-21(20)32-4-2)23(29)26-14-13-25-22(28)16-7-10-19(11-8-16)27-24(30)17-5-6-17/h7-12,15,17H,3-6,13-14H2,1-2H3,(H,25,28)(H,26,29)(H,27,30). The van der Waals surface area contributed by atoms with Crippen LogP contribution in [0.2, 0.25) is 0 Å². The zero-order valence-corrected chi connectivity index (χ0v) is 18.4. The Morgan fingerprint density at radius 3 is 1.97 bits per heavy atom. The first-order chi connectivity index (χ1) is 15.5. The average Bonchev–Trinajstić information content (AvgIpc) is 3.64. The molecule has 3 rings (SSSR count). The molecule has 0 bridgehead atoms. The lowest BCUT2D eigenvalue weighted by atomic mass is 10.2. The number of carbonyl (C=O) groups is 3. The summed E-state index contributed by atoms with van der Waals surface area (Å²) in [6.07, 6.45) is 1.88. The number of ether oxygens (including phenoxy) is 2. The molecule has 0 heterocycles. The van der Waals surface area contributed by atoms with E-state index in [4.69, 9.17) is 9.47 Å². The van der Waals surface area contributed by atoms with E-state index in [9.17, 15) is 14.4 Å². The fourth-order valence-corrected chi connectivity index (χ4v) is 3.04. The molecule has 1 aliphatic rings. The molecule has 2 aromatic rings. The van der Waals surface area contributed by atoms with Crippen LogP contribution in [0, 0.1) is 5.92 Å². The van der Waals surface area contributed by atoms with Crippen LogP contribution in [0.3, 0.4) is 0 Å². The smallest absolute Gasteiger partial charge is 0.251 e. The highest BCUT2D eigenvalue weighted by Gasteiger charge is 2.29. The van der Waals surface area contributed by atoms with Gasteiger partial charge in [0.05, 0.1) is 13.2 Å². The van der Waals surface area contributed by atoms with Crippen LogP contribution in [0.5, 0.6) is 11.5 Å². The third-order valence-corrected chi connectivity index (χ3v) is 4.86. The fraction of sp³-hybridized carbons (Fsp3) is 0.375. The van der Waals surface area contributed by atoms with Gasteiger partial charge in [-0.15, -0.1) is 0 Å². The van der Waals surface area contributed by atoms with E-state index in [0.717, 1.165) is 12.8 Å². The van der Waals surface area contributed by atoms with Crippen LogP contribution in [-0.2, 0) is 4.79 Å². The Hall–Kier alpha value is -3.55. The van der Waals surface area contributed by atoms with Crippen LogP contribution in [0.25, 0.3) is 0 Å². The van der Waals surface area contributed by atoms with Crippen LogP contribution < -0.4 is 25.4 Å². The molecular weight excluding hydrogens is 410 g/mol. The van der Waals surface area contributed by atoms with Crippen molar-refractivity contribution in [1.29, 1.82) is 0 Å². The highest BCUT2D eigenvalue weighted by atomic mass is 16.5. The Kier molecular flexibility index (Phi) is 8.08. The second kappa shape index (κ2) is 11.2. The van der Waals surface area contributed by atoms with Crippen LogP contribution >= 0.6 is 0 Å². The molecule has 32 heavy (non-hydrogen) atoms. The van der Waals surface area contributed by atoms with Gasteiger partial charge in [-0.05, 0) is 69.2 Å². The highest BCUT2D eigenvalue weighted by Crippen LogP contribution is 2.30. The first kappa shape index (κ1) is 23.1. The Bertz CT molecular complexity index is 955. The van der Waals surface area contributed by atoms with Gasteiger partial charge in [-0.25, -0.2) is 0 Å². The van der Waals surface area contributed by atoms with Gasteiger partial charge >= 0.3 is 0 Å². The predicted molar refractivity (Wildman–Crippen MR) is 121 cm³/mol. The first-order valence-electron chi connectivity index (χ1n) is 10.9. The van der Waals surface area contributed by atoms with Gasteiger partial charge in [-0.3, -0.25) is 14.4 Å². The number of amides is 3. The number of rotatable bonds is 11. The molecule has 0 aliphatic heterocycles. The Morgan fingerprint density at radius 2 is 1.38 bits per heavy atom. The summed E-state index contributed by atoms with van der Waals surface area (Å²) in [5, 5.41) is 8.38. The van der Waals surface area contributed by atoms with Crippen molar-refractivity contribution in [3.05, 3.63) is 53.6 Å². The van der Waals surface area contributed by atoms with Crippen molar-refractivity contribution in [2.45, 2.75) is 26.7 Å². The number of hydrogen-bond acceptors (Lipinski definition) is 5. The van der Waals surface area contributed by atoms with E-state index < -0.39 is 0 Å². The molecule has 0 saturated heterocycles. The summed E-state index contributed by atoms with van der Waals surface area (Å²) in [4.78, 5) is 36.5. The minimum Gasteiger partial charge on any atom is -0.490 e. The monoisotopic (exact) mass is 439 g/mol. The van der Waals surface area contributed by atoms with Crippen molar-refractivity contribution in [3.63, 3.8) is 0 Å². The molecule has 0 radical (unpaired) electrons. The summed E-state index contributed by atoms with van der Waals surface area (Å²) in [7, 11) is 0. The van der Waals surface area contributed by atoms with E-state index in [0.29, 0.717) is 41.5 Å². The van der Waals surface area contributed by atoms with Crippen LogP contribution in [-0.4, -0.2) is 44.0 Å². The second-order valence-electron chi connectivity index (χ2n) is 7.38. The third-order valence-electron chi connectivity index (χ3n) is 4.86. The Morgan fingerprint density at radius 1 is 0.812 bits per heavy atom. The molecular formula is C24H29N3O5. The van der Waals surface area contributed by atoms with E-state index in [1.807, 2.05) is 13.8 Å². The molecule has 8 heteroatoms. The van der Waals surface area contributed by atoms with E-state index in [-0.39, 0.29) is 36.7 Å². The second-order valence-corrected chi connectivity index (χ2v) is 7.38. The minimum atomic E-state index is -0.265. The van der Waals surface area contributed by atoms with Crippen LogP contribution in [0.15, 0.2) is 42.5 Å². The topological polar surface area (TPSA) is 106 Å². The predicted octanol–water partition coefficient (Wildman–Crippen LogP) is 2.99. The fourth-order valence-electron chi connectivity index (χ4n) is 3.04. The van der Waals surface area contributed by atoms with Gasteiger partial charge < -0.3 is 25.4 Å². The summed E-state index contributed by atoms with van der Waals surface area (Å²) < 4.78 is 11.1. The molecule has 3 amide bonds. The van der Waals surface area contributed by atoms with Crippen molar-refractivity contribution in [2.75, 3.05) is 31.6 Å². The molecule has 1 fully saturated rings. The largest absolute Gasteiger partial charge is 0.490 e. The van der Waals surface area contributed by atoms with Crippen LogP contribution in [0.1, 0.15) is 47.4 Å². The molecule has 0 aromatic heterocycles. The summed E-state index contributed by atoms with van der Waals surface area (Å²) in [6, 6.07) is 11.8. The van der Waals surface area contributed by atoms with E-state index in [1.54, 1.807) is 42.5 Å². The lowest BCUT2D eigenvalue weighted by Crippen LogP contribution is -2.34. The van der Waals surface area contributed by atoms with Gasteiger partial charge in [0, 0.05) is 35.8 Å². The quantitative estimate of drug-likeness (QED) is 0.467. The van der Waals surface area contributed by atoms with Crippen molar-refractivity contribution >= 4 is 23.4 Å². The van der Waals surface area contributed by atoms with Gasteiger partial charge in [0.2, 0.25) is 5.91 Å². The van der Waals surface area contributed by atoms with Gasteiger partial charge in [0.1, 0.15) is 0 Å². The molecule has 2 aromatic carbocycles. The summed E-state index contributed by atoms with van der Waals surface area (Å²) in [6.45, 7) is 5.26. The first-order valence-corrected chi connectivity index (χ1v) is 10.9. The van der Waals surface area contributed by atoms with Gasteiger partial charge in [0.15, 0.2) is 11.5 Å². The molecule has 0 unspecified atom stereocenters. The number of benzene rings is 2. The van der Waals surface area contributed by atoms with Crippen molar-refractivity contribution in [2.24, 2.45) is 5.92 Å². The molecule has 0 spiro atoms. The summed E-state index contributed by atoms with van der Waals surface area (Å²) in [5.74, 6) is 0.752. The molecule has 8 nitrogen and oxygen atoms in total. The maximum absolute atomic E-state index is 12.4. The number of hydrogen-bond donors (Lipinski definition) is 3. The van der Waals surface area contributed by atoms with Crippen molar-refractivity contribution in [1.82, 2.24) is 10.6 Å². The maximum Gasteiger partial charge on any atom is 0.251 e. The SMILES string of the molecule is CCOc1ccc(C(=O)NCCNC(=O)c2ccc(NC(=O)C3CC3)cc2)cc1OCC. The Balaban J connectivity index is 1.44.